The second kappa shape index (κ2) is 11.0. The Kier molecular flexibility index (Phi) is 8.09. The minimum atomic E-state index is -1.02. The number of aliphatic carboxylic acids is 1. The molecule has 0 saturated heterocycles. The molecule has 0 spiro atoms. The van der Waals surface area contributed by atoms with Crippen LogP contribution in [0, 0.1) is 5.92 Å². The Labute approximate surface area is 194 Å². The lowest BCUT2D eigenvalue weighted by Crippen LogP contribution is -2.49. The standard InChI is InChI=1S/C26H32N2O5/c1-4-28(15-17(2)3)25(31)23(13-14-24(29)30)27-26(32)33-16-22-20-11-7-5-9-18(20)19-10-6-8-12-21(19)22/h5-12,17,22-23H,4,13-16H2,1-3H3,(H,27,32)(H,29,30). The first-order valence-corrected chi connectivity index (χ1v) is 11.4. The van der Waals surface area contributed by atoms with E-state index >= 15 is 0 Å². The van der Waals surface area contributed by atoms with E-state index < -0.39 is 18.1 Å². The van der Waals surface area contributed by atoms with Crippen molar-refractivity contribution < 1.29 is 24.2 Å². The molecule has 176 valence electrons. The van der Waals surface area contributed by atoms with Gasteiger partial charge < -0.3 is 20.1 Å². The number of hydrogen-bond acceptors (Lipinski definition) is 4. The maximum absolute atomic E-state index is 13.0. The Morgan fingerprint density at radius 1 is 1.03 bits per heavy atom. The number of amides is 2. The molecular formula is C26H32N2O5. The Bertz CT molecular complexity index is 958. The number of carboxylic acids is 1. The summed E-state index contributed by atoms with van der Waals surface area (Å²) in [5.74, 6) is -1.15. The molecule has 0 aliphatic heterocycles. The zero-order valence-electron chi connectivity index (χ0n) is 19.4. The van der Waals surface area contributed by atoms with Crippen LogP contribution in [0.4, 0.5) is 4.79 Å². The molecule has 0 saturated carbocycles. The Morgan fingerprint density at radius 3 is 2.12 bits per heavy atom. The van der Waals surface area contributed by atoms with Crippen LogP contribution in [0.15, 0.2) is 48.5 Å². The average molecular weight is 453 g/mol. The Morgan fingerprint density at radius 2 is 1.61 bits per heavy atom. The van der Waals surface area contributed by atoms with Crippen molar-refractivity contribution in [3.8, 4) is 11.1 Å². The molecule has 7 heteroatoms. The smallest absolute Gasteiger partial charge is 0.407 e. The summed E-state index contributed by atoms with van der Waals surface area (Å²) in [4.78, 5) is 38.4. The monoisotopic (exact) mass is 452 g/mol. The molecule has 0 fully saturated rings. The average Bonchev–Trinajstić information content (AvgIpc) is 3.12. The van der Waals surface area contributed by atoms with Gasteiger partial charge in [-0.25, -0.2) is 4.79 Å². The zero-order valence-corrected chi connectivity index (χ0v) is 19.4. The van der Waals surface area contributed by atoms with Crippen LogP contribution in [0.5, 0.6) is 0 Å². The molecule has 0 bridgehead atoms. The molecule has 1 aliphatic carbocycles. The van der Waals surface area contributed by atoms with Crippen LogP contribution in [0.2, 0.25) is 0 Å². The number of nitrogens with one attached hydrogen (secondary N) is 1. The Hall–Kier alpha value is -3.35. The number of ether oxygens (including phenoxy) is 1. The summed E-state index contributed by atoms with van der Waals surface area (Å²) in [6.45, 7) is 7.01. The third kappa shape index (κ3) is 5.92. The predicted molar refractivity (Wildman–Crippen MR) is 126 cm³/mol. The van der Waals surface area contributed by atoms with Gasteiger partial charge >= 0.3 is 12.1 Å². The molecule has 1 unspecified atom stereocenters. The van der Waals surface area contributed by atoms with Gasteiger partial charge in [0.2, 0.25) is 5.91 Å². The highest BCUT2D eigenvalue weighted by molar-refractivity contribution is 5.86. The van der Waals surface area contributed by atoms with E-state index in [9.17, 15) is 14.4 Å². The van der Waals surface area contributed by atoms with E-state index in [4.69, 9.17) is 9.84 Å². The molecule has 1 aliphatic rings. The minimum Gasteiger partial charge on any atom is -0.481 e. The van der Waals surface area contributed by atoms with Gasteiger partial charge in [0.25, 0.3) is 0 Å². The number of alkyl carbamates (subject to hydrolysis) is 1. The van der Waals surface area contributed by atoms with E-state index in [1.165, 1.54) is 0 Å². The lowest BCUT2D eigenvalue weighted by Gasteiger charge is -2.28. The van der Waals surface area contributed by atoms with Crippen molar-refractivity contribution in [1.29, 1.82) is 0 Å². The molecule has 2 N–H and O–H groups in total. The van der Waals surface area contributed by atoms with Gasteiger partial charge in [-0.2, -0.15) is 0 Å². The summed E-state index contributed by atoms with van der Waals surface area (Å²) in [5, 5.41) is 11.7. The van der Waals surface area contributed by atoms with E-state index in [1.54, 1.807) is 4.90 Å². The van der Waals surface area contributed by atoms with E-state index in [0.717, 1.165) is 22.3 Å². The Balaban J connectivity index is 1.69. The summed E-state index contributed by atoms with van der Waals surface area (Å²) in [6, 6.07) is 15.1. The van der Waals surface area contributed by atoms with Gasteiger partial charge in [-0.05, 0) is 41.5 Å². The van der Waals surface area contributed by atoms with Crippen LogP contribution < -0.4 is 5.32 Å². The van der Waals surface area contributed by atoms with Gasteiger partial charge in [-0.3, -0.25) is 9.59 Å². The first-order valence-electron chi connectivity index (χ1n) is 11.4. The van der Waals surface area contributed by atoms with Crippen molar-refractivity contribution >= 4 is 18.0 Å². The predicted octanol–water partition coefficient (Wildman–Crippen LogP) is 4.26. The molecular weight excluding hydrogens is 420 g/mol. The van der Waals surface area contributed by atoms with Crippen LogP contribution in [0.25, 0.3) is 11.1 Å². The third-order valence-electron chi connectivity index (χ3n) is 5.86. The highest BCUT2D eigenvalue weighted by Gasteiger charge is 2.30. The van der Waals surface area contributed by atoms with E-state index in [-0.39, 0.29) is 37.2 Å². The van der Waals surface area contributed by atoms with Crippen molar-refractivity contribution in [3.05, 3.63) is 59.7 Å². The van der Waals surface area contributed by atoms with E-state index in [0.29, 0.717) is 13.1 Å². The van der Waals surface area contributed by atoms with Crippen molar-refractivity contribution in [2.45, 2.75) is 45.6 Å². The van der Waals surface area contributed by atoms with E-state index in [2.05, 4.69) is 17.4 Å². The molecule has 1 atom stereocenters. The number of carbonyl (C=O) groups excluding carboxylic acids is 2. The quantitative estimate of drug-likeness (QED) is 0.561. The summed E-state index contributed by atoms with van der Waals surface area (Å²) in [5.41, 5.74) is 4.45. The number of carboxylic acid groups (broad SMARTS) is 1. The lowest BCUT2D eigenvalue weighted by molar-refractivity contribution is -0.138. The summed E-state index contributed by atoms with van der Waals surface area (Å²) >= 11 is 0. The molecule has 0 aromatic heterocycles. The fourth-order valence-electron chi connectivity index (χ4n) is 4.34. The normalized spacial score (nSPS) is 13.2. The summed E-state index contributed by atoms with van der Waals surface area (Å²) < 4.78 is 5.55. The maximum Gasteiger partial charge on any atom is 0.407 e. The van der Waals surface area contributed by atoms with E-state index in [1.807, 2.05) is 57.2 Å². The molecule has 0 radical (unpaired) electrons. The van der Waals surface area contributed by atoms with Crippen molar-refractivity contribution in [2.24, 2.45) is 5.92 Å². The fraction of sp³-hybridized carbons (Fsp3) is 0.423. The second-order valence-electron chi connectivity index (χ2n) is 8.73. The lowest BCUT2D eigenvalue weighted by atomic mass is 9.98. The number of fused-ring (bicyclic) bond motifs is 3. The molecule has 2 amide bonds. The van der Waals surface area contributed by atoms with Crippen molar-refractivity contribution in [1.82, 2.24) is 10.2 Å². The summed E-state index contributed by atoms with van der Waals surface area (Å²) in [6.07, 6.45) is -0.937. The highest BCUT2D eigenvalue weighted by Crippen LogP contribution is 2.44. The number of rotatable bonds is 10. The second-order valence-corrected chi connectivity index (χ2v) is 8.73. The SMILES string of the molecule is CCN(CC(C)C)C(=O)C(CCC(=O)O)NC(=O)OCC1c2ccccc2-c2ccccc21. The summed E-state index contributed by atoms with van der Waals surface area (Å²) in [7, 11) is 0. The fourth-order valence-corrected chi connectivity index (χ4v) is 4.34. The molecule has 33 heavy (non-hydrogen) atoms. The van der Waals surface area contributed by atoms with Gasteiger partial charge in [0.15, 0.2) is 0 Å². The molecule has 3 rings (SSSR count). The first kappa shape index (κ1) is 24.3. The van der Waals surface area contributed by atoms with Gasteiger partial charge in [0.1, 0.15) is 12.6 Å². The van der Waals surface area contributed by atoms with Crippen LogP contribution in [-0.4, -0.2) is 53.7 Å². The largest absolute Gasteiger partial charge is 0.481 e. The number of carbonyl (C=O) groups is 3. The van der Waals surface area contributed by atoms with Gasteiger partial charge in [0, 0.05) is 25.4 Å². The molecule has 7 nitrogen and oxygen atoms in total. The van der Waals surface area contributed by atoms with Crippen LogP contribution in [0.3, 0.4) is 0 Å². The number of nitrogens with zero attached hydrogens (tertiary/aromatic N) is 1. The third-order valence-corrected chi connectivity index (χ3v) is 5.86. The van der Waals surface area contributed by atoms with Gasteiger partial charge in [-0.1, -0.05) is 62.4 Å². The van der Waals surface area contributed by atoms with Crippen LogP contribution >= 0.6 is 0 Å². The van der Waals surface area contributed by atoms with Crippen molar-refractivity contribution in [3.63, 3.8) is 0 Å². The van der Waals surface area contributed by atoms with Crippen LogP contribution in [-0.2, 0) is 14.3 Å². The van der Waals surface area contributed by atoms with Gasteiger partial charge in [-0.15, -0.1) is 0 Å². The maximum atomic E-state index is 13.0. The molecule has 2 aromatic rings. The molecule has 2 aromatic carbocycles. The number of hydrogen-bond donors (Lipinski definition) is 2. The minimum absolute atomic E-state index is 0.00690. The highest BCUT2D eigenvalue weighted by atomic mass is 16.5. The van der Waals surface area contributed by atoms with Crippen LogP contribution in [0.1, 0.15) is 50.7 Å². The first-order chi connectivity index (χ1) is 15.8. The van der Waals surface area contributed by atoms with Crippen molar-refractivity contribution in [2.75, 3.05) is 19.7 Å². The molecule has 0 heterocycles. The number of benzene rings is 2. The van der Waals surface area contributed by atoms with Gasteiger partial charge in [0.05, 0.1) is 0 Å². The zero-order chi connectivity index (χ0) is 24.0. The number of likely N-dealkylation sites (N-methyl/N-ethyl adjacent to an activating group) is 1. The topological polar surface area (TPSA) is 95.9 Å².